The van der Waals surface area contributed by atoms with E-state index in [1.54, 1.807) is 6.20 Å². The van der Waals surface area contributed by atoms with Crippen molar-refractivity contribution in [3.63, 3.8) is 0 Å². The number of nitrogens with one attached hydrogen (secondary N) is 1. The molecule has 14 heavy (non-hydrogen) atoms. The number of aromatic nitrogens is 2. The van der Waals surface area contributed by atoms with Crippen LogP contribution in [0.1, 0.15) is 13.3 Å². The van der Waals surface area contributed by atoms with Gasteiger partial charge in [0.05, 0.1) is 11.9 Å². The van der Waals surface area contributed by atoms with Gasteiger partial charge in [-0.05, 0) is 19.8 Å². The fourth-order valence-corrected chi connectivity index (χ4v) is 1.87. The third kappa shape index (κ3) is 1.50. The summed E-state index contributed by atoms with van der Waals surface area (Å²) >= 11 is 5.90. The summed E-state index contributed by atoms with van der Waals surface area (Å²) in [5.41, 5.74) is 0.389. The first-order valence-electron chi connectivity index (χ1n) is 4.51. The monoisotopic (exact) mass is 212 g/mol. The van der Waals surface area contributed by atoms with Gasteiger partial charge < -0.3 is 4.90 Å². The molecule has 4 nitrogen and oxygen atoms in total. The number of H-pyrrole nitrogens is 1. The molecule has 1 aromatic heterocycles. The summed E-state index contributed by atoms with van der Waals surface area (Å²) in [4.78, 5) is 13.3. The second-order valence-electron chi connectivity index (χ2n) is 3.42. The summed E-state index contributed by atoms with van der Waals surface area (Å²) in [6, 6.07) is 0.385. The average Bonchev–Trinajstić information content (AvgIpc) is 2.57. The van der Waals surface area contributed by atoms with Crippen molar-refractivity contribution < 1.29 is 0 Å². The van der Waals surface area contributed by atoms with Crippen molar-refractivity contribution >= 4 is 17.3 Å². The summed E-state index contributed by atoms with van der Waals surface area (Å²) in [5, 5.41) is 6.27. The maximum absolute atomic E-state index is 11.2. The molecular formula is C9H11ClN3O. The smallest absolute Gasteiger partial charge is 0.285 e. The molecule has 1 N–H and O–H groups in total. The molecule has 5 heteroatoms. The van der Waals surface area contributed by atoms with E-state index in [-0.39, 0.29) is 10.6 Å². The highest BCUT2D eigenvalue weighted by atomic mass is 35.5. The summed E-state index contributed by atoms with van der Waals surface area (Å²) in [6.45, 7) is 2.92. The second-order valence-corrected chi connectivity index (χ2v) is 3.80. The zero-order chi connectivity index (χ0) is 10.1. The first kappa shape index (κ1) is 9.52. The maximum Gasteiger partial charge on any atom is 0.285 e. The fraction of sp³-hybridized carbons (Fsp3) is 0.444. The Bertz CT molecular complexity index is 390. The van der Waals surface area contributed by atoms with Crippen LogP contribution in [0.3, 0.4) is 0 Å². The predicted octanol–water partition coefficient (Wildman–Crippen LogP) is 1.23. The number of halogens is 1. The Morgan fingerprint density at radius 3 is 3.14 bits per heavy atom. The van der Waals surface area contributed by atoms with E-state index < -0.39 is 0 Å². The molecule has 0 spiro atoms. The van der Waals surface area contributed by atoms with Crippen molar-refractivity contribution in [3.8, 4) is 0 Å². The van der Waals surface area contributed by atoms with Gasteiger partial charge >= 0.3 is 0 Å². The lowest BCUT2D eigenvalue weighted by atomic mass is 10.2. The number of rotatable bonds is 1. The Kier molecular flexibility index (Phi) is 2.46. The summed E-state index contributed by atoms with van der Waals surface area (Å²) < 4.78 is 0. The average molecular weight is 213 g/mol. The Morgan fingerprint density at radius 2 is 2.50 bits per heavy atom. The minimum atomic E-state index is -0.330. The summed E-state index contributed by atoms with van der Waals surface area (Å²) in [7, 11) is 0. The van der Waals surface area contributed by atoms with Crippen molar-refractivity contribution in [1.82, 2.24) is 10.2 Å². The second kappa shape index (κ2) is 3.61. The molecule has 1 saturated heterocycles. The molecule has 0 aliphatic carbocycles. The SMILES string of the molecule is C[C@@H]1C[CH]CN1c1cn[nH]c(=O)c1Cl. The highest BCUT2D eigenvalue weighted by Gasteiger charge is 2.23. The van der Waals surface area contributed by atoms with Gasteiger partial charge in [0.2, 0.25) is 0 Å². The van der Waals surface area contributed by atoms with Crippen LogP contribution in [0.25, 0.3) is 0 Å². The van der Waals surface area contributed by atoms with Crippen molar-refractivity contribution in [1.29, 1.82) is 0 Å². The Labute approximate surface area is 86.9 Å². The van der Waals surface area contributed by atoms with Gasteiger partial charge in [0.1, 0.15) is 5.02 Å². The van der Waals surface area contributed by atoms with Crippen molar-refractivity contribution in [2.45, 2.75) is 19.4 Å². The molecule has 0 unspecified atom stereocenters. The van der Waals surface area contributed by atoms with Crippen LogP contribution in [0.4, 0.5) is 5.69 Å². The Morgan fingerprint density at radius 1 is 1.71 bits per heavy atom. The van der Waals surface area contributed by atoms with E-state index >= 15 is 0 Å². The van der Waals surface area contributed by atoms with Gasteiger partial charge in [-0.1, -0.05) is 11.6 Å². The standard InChI is InChI=1S/C9H11ClN3O/c1-6-3-2-4-13(6)7-5-11-12-9(14)8(7)10/h2,5-6H,3-4H2,1H3,(H,12,14)/t6-/m1/s1. The van der Waals surface area contributed by atoms with E-state index in [2.05, 4.69) is 28.4 Å². The van der Waals surface area contributed by atoms with Crippen LogP contribution in [-0.2, 0) is 0 Å². The minimum Gasteiger partial charge on any atom is -0.366 e. The molecule has 0 aromatic carbocycles. The molecule has 1 fully saturated rings. The highest BCUT2D eigenvalue weighted by molar-refractivity contribution is 6.33. The van der Waals surface area contributed by atoms with Crippen LogP contribution in [0.2, 0.25) is 5.02 Å². The van der Waals surface area contributed by atoms with Gasteiger partial charge in [-0.25, -0.2) is 5.10 Å². The van der Waals surface area contributed by atoms with Crippen molar-refractivity contribution in [2.24, 2.45) is 0 Å². The third-order valence-electron chi connectivity index (χ3n) is 2.45. The van der Waals surface area contributed by atoms with Crippen molar-refractivity contribution in [3.05, 3.63) is 28.0 Å². The summed E-state index contributed by atoms with van der Waals surface area (Å²) in [6.07, 6.45) is 4.78. The molecule has 1 aliphatic rings. The molecule has 2 rings (SSSR count). The molecule has 1 aliphatic heterocycles. The molecule has 0 saturated carbocycles. The number of nitrogens with zero attached hydrogens (tertiary/aromatic N) is 2. The number of aromatic amines is 1. The molecule has 0 bridgehead atoms. The van der Waals surface area contributed by atoms with Gasteiger partial charge in [-0.15, -0.1) is 0 Å². The van der Waals surface area contributed by atoms with E-state index in [1.807, 2.05) is 0 Å². The van der Waals surface area contributed by atoms with Gasteiger partial charge in [-0.2, -0.15) is 5.10 Å². The maximum atomic E-state index is 11.2. The molecule has 0 amide bonds. The van der Waals surface area contributed by atoms with Crippen molar-refractivity contribution in [2.75, 3.05) is 11.4 Å². The topological polar surface area (TPSA) is 49.0 Å². The van der Waals surface area contributed by atoms with Gasteiger partial charge in [0.25, 0.3) is 5.56 Å². The molecular weight excluding hydrogens is 202 g/mol. The minimum absolute atomic E-state index is 0.224. The van der Waals surface area contributed by atoms with Crippen LogP contribution < -0.4 is 10.5 Å². The van der Waals surface area contributed by atoms with Crippen LogP contribution in [0, 0.1) is 6.42 Å². The van der Waals surface area contributed by atoms with Crippen LogP contribution in [0.15, 0.2) is 11.0 Å². The Hall–Kier alpha value is -1.03. The quantitative estimate of drug-likeness (QED) is 0.762. The third-order valence-corrected chi connectivity index (χ3v) is 2.82. The van der Waals surface area contributed by atoms with E-state index in [0.717, 1.165) is 18.7 Å². The Balaban J connectivity index is 2.41. The van der Waals surface area contributed by atoms with E-state index in [1.165, 1.54) is 0 Å². The first-order chi connectivity index (χ1) is 6.70. The van der Waals surface area contributed by atoms with Crippen LogP contribution >= 0.6 is 11.6 Å². The largest absolute Gasteiger partial charge is 0.366 e. The fourth-order valence-electron chi connectivity index (χ4n) is 1.67. The number of hydrogen-bond acceptors (Lipinski definition) is 3. The van der Waals surface area contributed by atoms with Gasteiger partial charge in [0.15, 0.2) is 0 Å². The molecule has 1 radical (unpaired) electrons. The van der Waals surface area contributed by atoms with E-state index in [4.69, 9.17) is 11.6 Å². The molecule has 2 heterocycles. The zero-order valence-electron chi connectivity index (χ0n) is 7.83. The highest BCUT2D eigenvalue weighted by Crippen LogP contribution is 2.27. The normalized spacial score (nSPS) is 21.6. The van der Waals surface area contributed by atoms with Crippen LogP contribution in [-0.4, -0.2) is 22.8 Å². The molecule has 1 aromatic rings. The first-order valence-corrected chi connectivity index (χ1v) is 4.89. The molecule has 1 atom stereocenters. The predicted molar refractivity (Wildman–Crippen MR) is 55.6 cm³/mol. The van der Waals surface area contributed by atoms with Crippen LogP contribution in [0.5, 0.6) is 0 Å². The number of hydrogen-bond donors (Lipinski definition) is 1. The van der Waals surface area contributed by atoms with E-state index in [0.29, 0.717) is 6.04 Å². The lowest BCUT2D eigenvalue weighted by Crippen LogP contribution is -2.28. The summed E-state index contributed by atoms with van der Waals surface area (Å²) in [5.74, 6) is 0. The molecule has 75 valence electrons. The van der Waals surface area contributed by atoms with E-state index in [9.17, 15) is 4.79 Å². The zero-order valence-corrected chi connectivity index (χ0v) is 8.58. The van der Waals surface area contributed by atoms with Gasteiger partial charge in [0, 0.05) is 12.6 Å². The lowest BCUT2D eigenvalue weighted by molar-refractivity contribution is 0.742. The number of anilines is 1. The lowest BCUT2D eigenvalue weighted by Gasteiger charge is -2.23. The van der Waals surface area contributed by atoms with Gasteiger partial charge in [-0.3, -0.25) is 4.79 Å².